The molecule has 0 saturated carbocycles. The second kappa shape index (κ2) is 14.6. The van der Waals surface area contributed by atoms with E-state index in [9.17, 15) is 14.4 Å². The highest BCUT2D eigenvalue weighted by atomic mass is 16.6. The van der Waals surface area contributed by atoms with E-state index in [1.807, 2.05) is 13.8 Å². The molecule has 0 aromatic rings. The summed E-state index contributed by atoms with van der Waals surface area (Å²) < 4.78 is 15.7. The summed E-state index contributed by atoms with van der Waals surface area (Å²) in [5, 5.41) is 0. The summed E-state index contributed by atoms with van der Waals surface area (Å²) in [4.78, 5) is 33.2. The molecule has 0 amide bonds. The van der Waals surface area contributed by atoms with Gasteiger partial charge in [-0.3, -0.25) is 14.4 Å². The Labute approximate surface area is 157 Å². The summed E-state index contributed by atoms with van der Waals surface area (Å²) in [7, 11) is 0. The largest absolute Gasteiger partial charge is 0.464 e. The molecule has 0 rings (SSSR count). The molecule has 0 spiro atoms. The monoisotopic (exact) mass is 369 g/mol. The van der Waals surface area contributed by atoms with Gasteiger partial charge in [0.15, 0.2) is 0 Å². The minimum absolute atomic E-state index is 0.0922. The highest BCUT2D eigenvalue weighted by molar-refractivity contribution is 5.66. The molecule has 0 heterocycles. The van der Waals surface area contributed by atoms with E-state index in [4.69, 9.17) is 14.2 Å². The SMILES string of the molecule is CCCCC[C@H]([CH][CH][CH][C@H](C[C@@H](OC(C)=O)C(C)C)OC(C)=O)OC=O. The summed E-state index contributed by atoms with van der Waals surface area (Å²) in [5.41, 5.74) is 0. The van der Waals surface area contributed by atoms with Crippen LogP contribution in [0.5, 0.6) is 0 Å². The van der Waals surface area contributed by atoms with Gasteiger partial charge in [0, 0.05) is 33.1 Å². The van der Waals surface area contributed by atoms with Crippen molar-refractivity contribution in [3.63, 3.8) is 0 Å². The molecule has 6 nitrogen and oxygen atoms in total. The number of hydrogen-bond donors (Lipinski definition) is 0. The zero-order valence-corrected chi connectivity index (χ0v) is 16.6. The normalized spacial score (nSPS) is 14.4. The minimum Gasteiger partial charge on any atom is -0.464 e. The van der Waals surface area contributed by atoms with Gasteiger partial charge in [-0.2, -0.15) is 0 Å². The van der Waals surface area contributed by atoms with Crippen LogP contribution in [0.2, 0.25) is 0 Å². The van der Waals surface area contributed by atoms with Gasteiger partial charge in [-0.25, -0.2) is 0 Å². The van der Waals surface area contributed by atoms with Crippen molar-refractivity contribution in [2.75, 3.05) is 0 Å². The van der Waals surface area contributed by atoms with Gasteiger partial charge < -0.3 is 14.2 Å². The highest BCUT2D eigenvalue weighted by Gasteiger charge is 2.24. The smallest absolute Gasteiger partial charge is 0.302 e. The van der Waals surface area contributed by atoms with E-state index in [0.717, 1.165) is 25.7 Å². The predicted molar refractivity (Wildman–Crippen MR) is 98.5 cm³/mol. The van der Waals surface area contributed by atoms with Crippen molar-refractivity contribution < 1.29 is 28.6 Å². The van der Waals surface area contributed by atoms with Gasteiger partial charge in [0.05, 0.1) is 0 Å². The van der Waals surface area contributed by atoms with Crippen LogP contribution in [0.3, 0.4) is 0 Å². The van der Waals surface area contributed by atoms with Crippen LogP contribution in [-0.4, -0.2) is 36.7 Å². The molecule has 3 atom stereocenters. The first-order valence-corrected chi connectivity index (χ1v) is 9.25. The third kappa shape index (κ3) is 12.7. The van der Waals surface area contributed by atoms with E-state index < -0.39 is 12.1 Å². The van der Waals surface area contributed by atoms with Crippen LogP contribution in [0.25, 0.3) is 0 Å². The number of carbonyl (C=O) groups excluding carboxylic acids is 3. The summed E-state index contributed by atoms with van der Waals surface area (Å²) >= 11 is 0. The minimum atomic E-state index is -0.525. The molecule has 6 heteroatoms. The maximum Gasteiger partial charge on any atom is 0.302 e. The number of esters is 2. The van der Waals surface area contributed by atoms with E-state index in [2.05, 4.69) is 6.92 Å². The Bertz CT molecular complexity index is 407. The van der Waals surface area contributed by atoms with Crippen LogP contribution in [0.1, 0.15) is 66.7 Å². The predicted octanol–water partition coefficient (Wildman–Crippen LogP) is 3.63. The summed E-state index contributed by atoms with van der Waals surface area (Å²) in [6, 6.07) is 0. The van der Waals surface area contributed by atoms with Crippen molar-refractivity contribution in [1.82, 2.24) is 0 Å². The standard InChI is InChI=1S/C20H33O6/c1-6-7-8-10-18(24-14-21)11-9-12-19(25-16(4)22)13-20(15(2)3)26-17(5)23/h9,11-12,14-15,18-20H,6-8,10,13H2,1-5H3/t18-,19-,20-/m1/s1. The highest BCUT2D eigenvalue weighted by Crippen LogP contribution is 2.20. The summed E-state index contributed by atoms with van der Waals surface area (Å²) in [6.45, 7) is 9.13. The van der Waals surface area contributed by atoms with E-state index in [1.165, 1.54) is 13.8 Å². The number of rotatable bonds is 15. The molecule has 0 aliphatic rings. The van der Waals surface area contributed by atoms with E-state index in [1.54, 1.807) is 19.3 Å². The molecule has 149 valence electrons. The van der Waals surface area contributed by atoms with Gasteiger partial charge in [-0.05, 0) is 25.2 Å². The number of ether oxygens (including phenoxy) is 3. The Morgan fingerprint density at radius 1 is 0.962 bits per heavy atom. The zero-order valence-electron chi connectivity index (χ0n) is 16.6. The van der Waals surface area contributed by atoms with Gasteiger partial charge >= 0.3 is 11.9 Å². The fraction of sp³-hybridized carbons (Fsp3) is 0.700. The fourth-order valence-electron chi connectivity index (χ4n) is 2.47. The average Bonchev–Trinajstić information content (AvgIpc) is 2.53. The van der Waals surface area contributed by atoms with Crippen LogP contribution >= 0.6 is 0 Å². The lowest BCUT2D eigenvalue weighted by molar-refractivity contribution is -0.153. The van der Waals surface area contributed by atoms with Crippen LogP contribution in [-0.2, 0) is 28.6 Å². The Morgan fingerprint density at radius 2 is 1.58 bits per heavy atom. The molecule has 3 radical (unpaired) electrons. The van der Waals surface area contributed by atoms with Crippen molar-refractivity contribution in [3.8, 4) is 0 Å². The number of carbonyl (C=O) groups is 3. The zero-order chi connectivity index (χ0) is 19.9. The van der Waals surface area contributed by atoms with Crippen molar-refractivity contribution in [2.24, 2.45) is 5.92 Å². The van der Waals surface area contributed by atoms with Gasteiger partial charge in [-0.1, -0.05) is 33.6 Å². The van der Waals surface area contributed by atoms with Crippen LogP contribution in [0.4, 0.5) is 0 Å². The van der Waals surface area contributed by atoms with Crippen molar-refractivity contribution >= 4 is 18.4 Å². The Balaban J connectivity index is 4.60. The molecule has 0 saturated heterocycles. The molecule has 26 heavy (non-hydrogen) atoms. The molecule has 0 aromatic carbocycles. The maximum absolute atomic E-state index is 11.4. The first-order chi connectivity index (χ1) is 12.3. The van der Waals surface area contributed by atoms with Gasteiger partial charge in [-0.15, -0.1) is 0 Å². The topological polar surface area (TPSA) is 78.9 Å². The molecule has 0 unspecified atom stereocenters. The van der Waals surface area contributed by atoms with E-state index in [-0.39, 0.29) is 24.1 Å². The summed E-state index contributed by atoms with van der Waals surface area (Å²) in [5.74, 6) is -0.681. The molecule has 0 aromatic heterocycles. The third-order valence-electron chi connectivity index (χ3n) is 3.82. The van der Waals surface area contributed by atoms with E-state index >= 15 is 0 Å². The Hall–Kier alpha value is -1.59. The van der Waals surface area contributed by atoms with Crippen LogP contribution in [0.15, 0.2) is 0 Å². The second-order valence-corrected chi connectivity index (χ2v) is 6.62. The fourth-order valence-corrected chi connectivity index (χ4v) is 2.47. The van der Waals surface area contributed by atoms with Crippen LogP contribution < -0.4 is 0 Å². The van der Waals surface area contributed by atoms with Crippen molar-refractivity contribution in [3.05, 3.63) is 19.3 Å². The lowest BCUT2D eigenvalue weighted by atomic mass is 9.96. The van der Waals surface area contributed by atoms with Gasteiger partial charge in [0.1, 0.15) is 18.3 Å². The van der Waals surface area contributed by atoms with E-state index in [0.29, 0.717) is 12.9 Å². The van der Waals surface area contributed by atoms with Gasteiger partial charge in [0.2, 0.25) is 0 Å². The van der Waals surface area contributed by atoms with Gasteiger partial charge in [0.25, 0.3) is 6.47 Å². The third-order valence-corrected chi connectivity index (χ3v) is 3.82. The Kier molecular flexibility index (Phi) is 13.7. The lowest BCUT2D eigenvalue weighted by Crippen LogP contribution is -2.30. The molecular weight excluding hydrogens is 336 g/mol. The average molecular weight is 369 g/mol. The first kappa shape index (κ1) is 24.4. The molecular formula is C20H33O6. The number of hydrogen-bond acceptors (Lipinski definition) is 6. The first-order valence-electron chi connectivity index (χ1n) is 9.25. The number of unbranched alkanes of at least 4 members (excludes halogenated alkanes) is 2. The molecule has 0 N–H and O–H groups in total. The quantitative estimate of drug-likeness (QED) is 0.190. The van der Waals surface area contributed by atoms with Crippen molar-refractivity contribution in [1.29, 1.82) is 0 Å². The lowest BCUT2D eigenvalue weighted by Gasteiger charge is -2.26. The maximum atomic E-state index is 11.4. The van der Waals surface area contributed by atoms with Crippen molar-refractivity contribution in [2.45, 2.75) is 85.0 Å². The summed E-state index contributed by atoms with van der Waals surface area (Å²) in [6.07, 6.45) is 8.30. The Morgan fingerprint density at radius 3 is 2.08 bits per heavy atom. The molecule has 0 fully saturated rings. The molecule has 0 aliphatic heterocycles. The molecule has 0 bridgehead atoms. The second-order valence-electron chi connectivity index (χ2n) is 6.62. The van der Waals surface area contributed by atoms with Crippen LogP contribution in [0, 0.1) is 25.2 Å². The molecule has 0 aliphatic carbocycles.